The number of hydrogen-bond acceptors (Lipinski definition) is 6. The summed E-state index contributed by atoms with van der Waals surface area (Å²) in [5, 5.41) is 15.6. The Labute approximate surface area is 176 Å². The van der Waals surface area contributed by atoms with Gasteiger partial charge in [-0.25, -0.2) is 0 Å². The van der Waals surface area contributed by atoms with Gasteiger partial charge in [-0.3, -0.25) is 9.48 Å². The number of aryl methyl sites for hydroxylation is 5. The Hall–Kier alpha value is -3.16. The van der Waals surface area contributed by atoms with Crippen LogP contribution in [0, 0.1) is 13.8 Å². The number of hydrogen-bond donors (Lipinski definition) is 1. The van der Waals surface area contributed by atoms with Crippen LogP contribution in [0.3, 0.4) is 0 Å². The Morgan fingerprint density at radius 1 is 1.13 bits per heavy atom. The molecule has 1 amide bonds. The van der Waals surface area contributed by atoms with E-state index in [0.29, 0.717) is 37.6 Å². The van der Waals surface area contributed by atoms with E-state index in [0.717, 1.165) is 41.2 Å². The number of benzene rings is 1. The number of para-hydroxylation sites is 1. The van der Waals surface area contributed by atoms with Crippen molar-refractivity contribution < 1.29 is 13.9 Å². The molecule has 2 heterocycles. The molecule has 0 aliphatic carbocycles. The van der Waals surface area contributed by atoms with Gasteiger partial charge in [0.1, 0.15) is 5.75 Å². The van der Waals surface area contributed by atoms with E-state index < -0.39 is 0 Å². The Morgan fingerprint density at radius 2 is 1.87 bits per heavy atom. The highest BCUT2D eigenvalue weighted by molar-refractivity contribution is 5.76. The zero-order valence-electron chi connectivity index (χ0n) is 18.1. The molecule has 8 heteroatoms. The van der Waals surface area contributed by atoms with Gasteiger partial charge in [0.25, 0.3) is 0 Å². The van der Waals surface area contributed by atoms with Crippen molar-refractivity contribution in [2.24, 2.45) is 0 Å². The lowest BCUT2D eigenvalue weighted by Gasteiger charge is -2.06. The molecular formula is C22H29N5O3. The van der Waals surface area contributed by atoms with Gasteiger partial charge in [0.2, 0.25) is 17.7 Å². The van der Waals surface area contributed by atoms with Crippen molar-refractivity contribution in [2.75, 3.05) is 7.11 Å². The monoisotopic (exact) mass is 411 g/mol. The highest BCUT2D eigenvalue weighted by Gasteiger charge is 2.13. The van der Waals surface area contributed by atoms with Crippen LogP contribution in [-0.4, -0.2) is 33.0 Å². The van der Waals surface area contributed by atoms with Gasteiger partial charge in [-0.2, -0.15) is 5.10 Å². The van der Waals surface area contributed by atoms with Crippen LogP contribution >= 0.6 is 0 Å². The van der Waals surface area contributed by atoms with Gasteiger partial charge in [0, 0.05) is 43.6 Å². The lowest BCUT2D eigenvalue weighted by molar-refractivity contribution is -0.121. The molecule has 0 aliphatic heterocycles. The average molecular weight is 412 g/mol. The number of aromatic nitrogens is 4. The Bertz CT molecular complexity index is 993. The highest BCUT2D eigenvalue weighted by atomic mass is 16.5. The predicted octanol–water partition coefficient (Wildman–Crippen LogP) is 2.95. The second-order valence-electron chi connectivity index (χ2n) is 7.14. The van der Waals surface area contributed by atoms with Crippen LogP contribution in [-0.2, 0) is 37.1 Å². The van der Waals surface area contributed by atoms with Crippen molar-refractivity contribution in [1.82, 2.24) is 25.3 Å². The van der Waals surface area contributed by atoms with Gasteiger partial charge in [-0.15, -0.1) is 10.2 Å². The number of nitrogens with zero attached hydrogens (tertiary/aromatic N) is 4. The maximum atomic E-state index is 12.2. The smallest absolute Gasteiger partial charge is 0.220 e. The maximum absolute atomic E-state index is 12.2. The van der Waals surface area contributed by atoms with Crippen molar-refractivity contribution in [3.63, 3.8) is 0 Å². The zero-order chi connectivity index (χ0) is 21.5. The number of ether oxygens (including phenoxy) is 1. The summed E-state index contributed by atoms with van der Waals surface area (Å²) in [5.41, 5.74) is 4.20. The van der Waals surface area contributed by atoms with E-state index in [-0.39, 0.29) is 5.91 Å². The first-order valence-electron chi connectivity index (χ1n) is 10.2. The molecule has 0 spiro atoms. The number of nitrogens with one attached hydrogen (secondary N) is 1. The number of amides is 1. The third-order valence-electron chi connectivity index (χ3n) is 5.17. The van der Waals surface area contributed by atoms with Crippen LogP contribution in [0.25, 0.3) is 0 Å². The molecule has 0 unspecified atom stereocenters. The Morgan fingerprint density at radius 3 is 2.57 bits per heavy atom. The minimum absolute atomic E-state index is 0.0492. The summed E-state index contributed by atoms with van der Waals surface area (Å²) in [6.45, 7) is 7.33. The van der Waals surface area contributed by atoms with Crippen molar-refractivity contribution in [1.29, 1.82) is 0 Å². The third-order valence-corrected chi connectivity index (χ3v) is 5.17. The molecule has 0 saturated carbocycles. The Kier molecular flexibility index (Phi) is 7.21. The lowest BCUT2D eigenvalue weighted by atomic mass is 10.1. The average Bonchev–Trinajstić information content (AvgIpc) is 3.33. The Balaban J connectivity index is 1.46. The molecule has 0 saturated heterocycles. The fourth-order valence-corrected chi connectivity index (χ4v) is 3.44. The van der Waals surface area contributed by atoms with Crippen LogP contribution in [0.15, 0.2) is 28.7 Å². The second kappa shape index (κ2) is 10.0. The van der Waals surface area contributed by atoms with Crippen molar-refractivity contribution >= 4 is 5.91 Å². The SMILES string of the molecule is CCn1nc(C)c(CNC(=O)CCc2nnc(CCc3ccccc3OC)o2)c1C. The minimum atomic E-state index is -0.0492. The van der Waals surface area contributed by atoms with E-state index >= 15 is 0 Å². The first kappa shape index (κ1) is 21.5. The van der Waals surface area contributed by atoms with Crippen molar-refractivity contribution in [3.8, 4) is 5.75 Å². The maximum Gasteiger partial charge on any atom is 0.220 e. The summed E-state index contributed by atoms with van der Waals surface area (Å²) in [4.78, 5) is 12.2. The standard InChI is InChI=1S/C22H29N5O3/c1-5-27-16(3)18(15(2)26-27)14-23-20(28)11-13-22-25-24-21(30-22)12-10-17-8-6-7-9-19(17)29-4/h6-9H,5,10-14H2,1-4H3,(H,23,28). The van der Waals surface area contributed by atoms with Crippen molar-refractivity contribution in [3.05, 3.63) is 58.6 Å². The fourth-order valence-electron chi connectivity index (χ4n) is 3.44. The zero-order valence-corrected chi connectivity index (χ0v) is 18.1. The van der Waals surface area contributed by atoms with E-state index in [1.165, 1.54) is 0 Å². The first-order valence-corrected chi connectivity index (χ1v) is 10.2. The molecular weight excluding hydrogens is 382 g/mol. The van der Waals surface area contributed by atoms with Gasteiger partial charge in [0.05, 0.1) is 12.8 Å². The molecule has 0 radical (unpaired) electrons. The number of rotatable bonds is 10. The summed E-state index contributed by atoms with van der Waals surface area (Å²) in [7, 11) is 1.66. The third kappa shape index (κ3) is 5.25. The molecule has 2 aromatic heterocycles. The van der Waals surface area contributed by atoms with E-state index in [2.05, 4.69) is 27.5 Å². The van der Waals surface area contributed by atoms with Crippen molar-refractivity contribution in [2.45, 2.75) is 59.5 Å². The summed E-state index contributed by atoms with van der Waals surface area (Å²) in [5.74, 6) is 1.84. The summed E-state index contributed by atoms with van der Waals surface area (Å²) in [6, 6.07) is 7.88. The van der Waals surface area contributed by atoms with Crippen LogP contribution in [0.4, 0.5) is 0 Å². The highest BCUT2D eigenvalue weighted by Crippen LogP contribution is 2.19. The minimum Gasteiger partial charge on any atom is -0.496 e. The summed E-state index contributed by atoms with van der Waals surface area (Å²) < 4.78 is 13.0. The number of carbonyl (C=O) groups is 1. The predicted molar refractivity (Wildman–Crippen MR) is 112 cm³/mol. The van der Waals surface area contributed by atoms with Crippen LogP contribution in [0.1, 0.15) is 47.6 Å². The van der Waals surface area contributed by atoms with E-state index in [1.54, 1.807) is 7.11 Å². The largest absolute Gasteiger partial charge is 0.496 e. The van der Waals surface area contributed by atoms with E-state index in [4.69, 9.17) is 9.15 Å². The van der Waals surface area contributed by atoms with Gasteiger partial charge < -0.3 is 14.5 Å². The van der Waals surface area contributed by atoms with Gasteiger partial charge in [-0.05, 0) is 38.8 Å². The molecule has 0 atom stereocenters. The number of carbonyl (C=O) groups excluding carboxylic acids is 1. The second-order valence-corrected chi connectivity index (χ2v) is 7.14. The van der Waals surface area contributed by atoms with Gasteiger partial charge in [0.15, 0.2) is 0 Å². The molecule has 160 valence electrons. The molecule has 1 N–H and O–H groups in total. The molecule has 3 rings (SSSR count). The van der Waals surface area contributed by atoms with E-state index in [9.17, 15) is 4.79 Å². The lowest BCUT2D eigenvalue weighted by Crippen LogP contribution is -2.23. The molecule has 30 heavy (non-hydrogen) atoms. The normalized spacial score (nSPS) is 10.9. The summed E-state index contributed by atoms with van der Waals surface area (Å²) >= 11 is 0. The van der Waals surface area contributed by atoms with Crippen LogP contribution in [0.2, 0.25) is 0 Å². The molecule has 0 fully saturated rings. The molecule has 1 aromatic carbocycles. The molecule has 0 bridgehead atoms. The van der Waals surface area contributed by atoms with Crippen LogP contribution < -0.4 is 10.1 Å². The quantitative estimate of drug-likeness (QED) is 0.551. The van der Waals surface area contributed by atoms with Crippen LogP contribution in [0.5, 0.6) is 5.75 Å². The topological polar surface area (TPSA) is 95.1 Å². The molecule has 8 nitrogen and oxygen atoms in total. The van der Waals surface area contributed by atoms with Gasteiger partial charge in [-0.1, -0.05) is 18.2 Å². The first-order chi connectivity index (χ1) is 14.5. The van der Waals surface area contributed by atoms with E-state index in [1.807, 2.05) is 42.8 Å². The molecule has 3 aromatic rings. The molecule has 0 aliphatic rings. The number of methoxy groups -OCH3 is 1. The van der Waals surface area contributed by atoms with Gasteiger partial charge >= 0.3 is 0 Å². The summed E-state index contributed by atoms with van der Waals surface area (Å²) in [6.07, 6.45) is 2.09. The fraction of sp³-hybridized carbons (Fsp3) is 0.455.